The Bertz CT molecular complexity index is 295. The summed E-state index contributed by atoms with van der Waals surface area (Å²) in [7, 11) is 0. The van der Waals surface area contributed by atoms with Gasteiger partial charge in [-0.3, -0.25) is 4.90 Å². The first-order chi connectivity index (χ1) is 7.64. The van der Waals surface area contributed by atoms with Gasteiger partial charge in [0.05, 0.1) is 11.9 Å². The first kappa shape index (κ1) is 14.5. The van der Waals surface area contributed by atoms with Crippen LogP contribution in [0.2, 0.25) is 0 Å². The molecular weight excluding hydrogens is 250 g/mol. The van der Waals surface area contributed by atoms with Crippen LogP contribution < -0.4 is 5.73 Å². The molecule has 1 aliphatic heterocycles. The number of likely N-dealkylation sites (tertiary alicyclic amines) is 1. The van der Waals surface area contributed by atoms with E-state index in [0.717, 1.165) is 16.7 Å². The fourth-order valence-corrected chi connectivity index (χ4v) is 2.47. The lowest BCUT2D eigenvalue weighted by atomic mass is 10.2. The summed E-state index contributed by atoms with van der Waals surface area (Å²) in [6.07, 6.45) is -1.07. The van der Waals surface area contributed by atoms with Crippen LogP contribution in [0, 0.1) is 0 Å². The third-order valence-electron chi connectivity index (χ3n) is 2.14. The van der Waals surface area contributed by atoms with E-state index in [4.69, 9.17) is 10.5 Å². The molecule has 0 unspecified atom stereocenters. The zero-order chi connectivity index (χ0) is 13.3. The second-order valence-electron chi connectivity index (χ2n) is 4.96. The fraction of sp³-hybridized carbons (Fsp3) is 0.900. The quantitative estimate of drug-likeness (QED) is 0.780. The molecule has 1 atom stereocenters. The average molecular weight is 268 g/mol. The number of alkyl halides is 2. The van der Waals surface area contributed by atoms with Gasteiger partial charge in [-0.15, -0.1) is 11.8 Å². The van der Waals surface area contributed by atoms with E-state index in [0.29, 0.717) is 0 Å². The minimum absolute atomic E-state index is 0.194. The van der Waals surface area contributed by atoms with Gasteiger partial charge in [-0.1, -0.05) is 0 Å². The Morgan fingerprint density at radius 1 is 1.59 bits per heavy atom. The molecule has 1 heterocycles. The molecule has 1 rings (SSSR count). The lowest BCUT2D eigenvalue weighted by molar-refractivity contribution is -0.00201. The Morgan fingerprint density at radius 2 is 2.18 bits per heavy atom. The van der Waals surface area contributed by atoms with Crippen LogP contribution >= 0.6 is 11.8 Å². The second kappa shape index (κ2) is 4.97. The molecule has 0 radical (unpaired) electrons. The summed E-state index contributed by atoms with van der Waals surface area (Å²) in [6.45, 7) is 4.50. The molecule has 7 heteroatoms. The molecular formula is C10H18F2N2O2S. The normalized spacial score (nSPS) is 23.9. The van der Waals surface area contributed by atoms with E-state index >= 15 is 0 Å². The third-order valence-corrected chi connectivity index (χ3v) is 3.14. The van der Waals surface area contributed by atoms with Gasteiger partial charge in [0.1, 0.15) is 5.60 Å². The number of thioether (sulfide) groups is 1. The number of halogens is 2. The number of ether oxygens (including phenoxy) is 1. The molecule has 0 aromatic heterocycles. The summed E-state index contributed by atoms with van der Waals surface area (Å²) in [6, 6.07) is 0. The highest BCUT2D eigenvalue weighted by atomic mass is 32.2. The molecule has 0 aromatic rings. The third kappa shape index (κ3) is 4.31. The van der Waals surface area contributed by atoms with Crippen LogP contribution in [0.3, 0.4) is 0 Å². The number of carbonyl (C=O) groups excluding carboxylic acids is 1. The van der Waals surface area contributed by atoms with Gasteiger partial charge in [-0.25, -0.2) is 13.6 Å². The molecule has 2 N–H and O–H groups in total. The highest BCUT2D eigenvalue weighted by Gasteiger charge is 2.48. The molecule has 1 fully saturated rings. The summed E-state index contributed by atoms with van der Waals surface area (Å²) >= 11 is 1.13. The first-order valence-electron chi connectivity index (χ1n) is 5.34. The van der Waals surface area contributed by atoms with Crippen molar-refractivity contribution in [2.45, 2.75) is 44.1 Å². The van der Waals surface area contributed by atoms with E-state index in [-0.39, 0.29) is 12.3 Å². The van der Waals surface area contributed by atoms with Gasteiger partial charge >= 0.3 is 6.09 Å². The zero-order valence-corrected chi connectivity index (χ0v) is 11.0. The average Bonchev–Trinajstić information content (AvgIpc) is 2.39. The van der Waals surface area contributed by atoms with E-state index < -0.39 is 29.5 Å². The number of nitrogens with two attached hydrogens (primary N) is 1. The lowest BCUT2D eigenvalue weighted by Gasteiger charge is -2.27. The van der Waals surface area contributed by atoms with E-state index in [1.54, 1.807) is 20.8 Å². The smallest absolute Gasteiger partial charge is 0.411 e. The van der Waals surface area contributed by atoms with E-state index in [1.807, 2.05) is 0 Å². The predicted molar refractivity (Wildman–Crippen MR) is 62.9 cm³/mol. The number of nitrogens with zero attached hydrogens (tertiary/aromatic N) is 1. The topological polar surface area (TPSA) is 55.6 Å². The van der Waals surface area contributed by atoms with Gasteiger partial charge in [0.25, 0.3) is 5.92 Å². The number of rotatable bonds is 2. The van der Waals surface area contributed by atoms with Crippen molar-refractivity contribution < 1.29 is 18.3 Å². The summed E-state index contributed by atoms with van der Waals surface area (Å²) in [5, 5.41) is -0.607. The number of carbonyl (C=O) groups is 1. The van der Waals surface area contributed by atoms with Crippen molar-refractivity contribution in [1.29, 1.82) is 0 Å². The maximum Gasteiger partial charge on any atom is 0.411 e. The second-order valence-corrected chi connectivity index (χ2v) is 6.17. The van der Waals surface area contributed by atoms with Crippen LogP contribution in [-0.2, 0) is 4.74 Å². The summed E-state index contributed by atoms with van der Waals surface area (Å²) in [4.78, 5) is 12.8. The Kier molecular flexibility index (Phi) is 4.24. The predicted octanol–water partition coefficient (Wildman–Crippen LogP) is 2.24. The van der Waals surface area contributed by atoms with E-state index in [2.05, 4.69) is 0 Å². The molecule has 1 saturated heterocycles. The Morgan fingerprint density at radius 3 is 2.65 bits per heavy atom. The summed E-state index contributed by atoms with van der Waals surface area (Å²) in [5.74, 6) is -2.66. The Labute approximate surface area is 104 Å². The highest BCUT2D eigenvalue weighted by molar-refractivity contribution is 7.99. The highest BCUT2D eigenvalue weighted by Crippen LogP contribution is 2.37. The van der Waals surface area contributed by atoms with Crippen LogP contribution in [0.25, 0.3) is 0 Å². The van der Waals surface area contributed by atoms with Gasteiger partial charge < -0.3 is 10.5 Å². The van der Waals surface area contributed by atoms with Gasteiger partial charge in [-0.2, -0.15) is 0 Å². The molecule has 0 bridgehead atoms. The van der Waals surface area contributed by atoms with E-state index in [1.165, 1.54) is 0 Å². The van der Waals surface area contributed by atoms with Crippen LogP contribution in [0.5, 0.6) is 0 Å². The standard InChI is InChI=1S/C10H18F2N2O2S/c1-9(2,3)16-8(15)14-5-10(11,12)4-7(14)17-6-13/h7H,4-6,13H2,1-3H3/t7-/m1/s1. The SMILES string of the molecule is CC(C)(C)OC(=O)N1CC(F)(F)C[C@H]1SCN. The lowest BCUT2D eigenvalue weighted by Crippen LogP contribution is -2.39. The van der Waals surface area contributed by atoms with Crippen LogP contribution in [0.1, 0.15) is 27.2 Å². The largest absolute Gasteiger partial charge is 0.444 e. The summed E-state index contributed by atoms with van der Waals surface area (Å²) in [5.41, 5.74) is 4.64. The number of hydrogen-bond acceptors (Lipinski definition) is 4. The minimum Gasteiger partial charge on any atom is -0.444 e. The first-order valence-corrected chi connectivity index (χ1v) is 6.39. The molecule has 1 amide bonds. The van der Waals surface area contributed by atoms with Crippen LogP contribution in [-0.4, -0.2) is 40.3 Å². The van der Waals surface area contributed by atoms with Gasteiger partial charge in [0.15, 0.2) is 0 Å². The van der Waals surface area contributed by atoms with Crippen LogP contribution in [0.15, 0.2) is 0 Å². The molecule has 1 aliphatic rings. The molecule has 4 nitrogen and oxygen atoms in total. The zero-order valence-electron chi connectivity index (χ0n) is 10.2. The van der Waals surface area contributed by atoms with Crippen molar-refractivity contribution in [2.24, 2.45) is 5.73 Å². The molecule has 0 aliphatic carbocycles. The molecule has 0 spiro atoms. The monoisotopic (exact) mass is 268 g/mol. The van der Waals surface area contributed by atoms with Gasteiger partial charge in [0.2, 0.25) is 0 Å². The maximum atomic E-state index is 13.3. The number of amides is 1. The Hall–Kier alpha value is -0.560. The number of hydrogen-bond donors (Lipinski definition) is 1. The van der Waals surface area contributed by atoms with Crippen molar-refractivity contribution in [3.63, 3.8) is 0 Å². The van der Waals surface area contributed by atoms with Crippen LogP contribution in [0.4, 0.5) is 13.6 Å². The van der Waals surface area contributed by atoms with Crippen molar-refractivity contribution in [2.75, 3.05) is 12.4 Å². The minimum atomic E-state index is -2.86. The van der Waals surface area contributed by atoms with Crippen molar-refractivity contribution in [3.05, 3.63) is 0 Å². The van der Waals surface area contributed by atoms with Gasteiger partial charge in [0, 0.05) is 12.3 Å². The van der Waals surface area contributed by atoms with Crippen molar-refractivity contribution in [1.82, 2.24) is 4.90 Å². The fourth-order valence-electron chi connectivity index (χ4n) is 1.54. The maximum absolute atomic E-state index is 13.3. The van der Waals surface area contributed by atoms with Crippen molar-refractivity contribution in [3.8, 4) is 0 Å². The summed E-state index contributed by atoms with van der Waals surface area (Å²) < 4.78 is 31.6. The molecule has 17 heavy (non-hydrogen) atoms. The molecule has 0 aromatic carbocycles. The van der Waals surface area contributed by atoms with Crippen molar-refractivity contribution >= 4 is 17.9 Å². The van der Waals surface area contributed by atoms with E-state index in [9.17, 15) is 13.6 Å². The Balaban J connectivity index is 2.70. The van der Waals surface area contributed by atoms with Gasteiger partial charge in [-0.05, 0) is 20.8 Å². The molecule has 100 valence electrons. The molecule has 0 saturated carbocycles.